The van der Waals surface area contributed by atoms with Crippen LogP contribution in [0.1, 0.15) is 28.6 Å². The van der Waals surface area contributed by atoms with E-state index < -0.39 is 0 Å². The van der Waals surface area contributed by atoms with E-state index in [1.54, 1.807) is 31.2 Å². The molecule has 0 bridgehead atoms. The Morgan fingerprint density at radius 2 is 2.16 bits per heavy atom. The molecule has 2 aromatic rings. The number of carbonyl (C=O) groups excluding carboxylic acids is 1. The number of anilines is 1. The Hall–Kier alpha value is -2.30. The van der Waals surface area contributed by atoms with Gasteiger partial charge in [-0.3, -0.25) is 4.79 Å². The fourth-order valence-corrected chi connectivity index (χ4v) is 1.72. The number of amides is 1. The minimum Gasteiger partial charge on any atom is -0.494 e. The molecule has 100 valence electrons. The van der Waals surface area contributed by atoms with Gasteiger partial charge in [0.15, 0.2) is 5.82 Å². The third-order valence-electron chi connectivity index (χ3n) is 2.61. The number of nitrogens with zero attached hydrogens (tertiary/aromatic N) is 1. The second-order valence-electron chi connectivity index (χ2n) is 4.19. The van der Waals surface area contributed by atoms with Gasteiger partial charge in [0.25, 0.3) is 5.91 Å². The van der Waals surface area contributed by atoms with Gasteiger partial charge in [-0.15, -0.1) is 0 Å². The van der Waals surface area contributed by atoms with E-state index in [-0.39, 0.29) is 5.91 Å². The Morgan fingerprint density at radius 1 is 1.37 bits per heavy atom. The summed E-state index contributed by atoms with van der Waals surface area (Å²) in [5.74, 6) is 1.63. The Labute approximate surface area is 111 Å². The molecule has 0 radical (unpaired) electrons. The summed E-state index contributed by atoms with van der Waals surface area (Å²) >= 11 is 0. The Kier molecular flexibility index (Phi) is 3.85. The van der Waals surface area contributed by atoms with Crippen molar-refractivity contribution in [2.75, 3.05) is 11.9 Å². The number of nitrogens with one attached hydrogen (secondary N) is 1. The maximum Gasteiger partial charge on any atom is 0.256 e. The molecule has 1 amide bonds. The topological polar surface area (TPSA) is 64.4 Å². The van der Waals surface area contributed by atoms with Gasteiger partial charge in [0.1, 0.15) is 11.5 Å². The van der Waals surface area contributed by atoms with Gasteiger partial charge >= 0.3 is 0 Å². The van der Waals surface area contributed by atoms with Gasteiger partial charge in [-0.05, 0) is 44.5 Å². The van der Waals surface area contributed by atoms with Crippen molar-refractivity contribution in [3.63, 3.8) is 0 Å². The molecule has 0 spiro atoms. The largest absolute Gasteiger partial charge is 0.494 e. The number of hydrogen-bond donors (Lipinski definition) is 1. The minimum absolute atomic E-state index is 0.223. The zero-order valence-corrected chi connectivity index (χ0v) is 11.2. The van der Waals surface area contributed by atoms with Crippen molar-refractivity contribution in [1.82, 2.24) is 5.16 Å². The van der Waals surface area contributed by atoms with E-state index in [9.17, 15) is 4.79 Å². The first-order valence-electron chi connectivity index (χ1n) is 6.08. The molecule has 5 nitrogen and oxygen atoms in total. The van der Waals surface area contributed by atoms with E-state index >= 15 is 0 Å². The van der Waals surface area contributed by atoms with Gasteiger partial charge in [-0.25, -0.2) is 0 Å². The minimum atomic E-state index is -0.223. The molecule has 2 rings (SSSR count). The van der Waals surface area contributed by atoms with Crippen LogP contribution in [0.25, 0.3) is 0 Å². The second-order valence-corrected chi connectivity index (χ2v) is 4.19. The highest BCUT2D eigenvalue weighted by molar-refractivity contribution is 6.03. The molecule has 19 heavy (non-hydrogen) atoms. The Balaban J connectivity index is 2.13. The molecule has 0 aliphatic heterocycles. The molecule has 0 aliphatic rings. The molecule has 1 aromatic carbocycles. The first-order valence-corrected chi connectivity index (χ1v) is 6.08. The lowest BCUT2D eigenvalue weighted by Crippen LogP contribution is -2.12. The van der Waals surface area contributed by atoms with E-state index in [0.29, 0.717) is 23.7 Å². The fraction of sp³-hybridized carbons (Fsp3) is 0.286. The van der Waals surface area contributed by atoms with Crippen molar-refractivity contribution in [3.05, 3.63) is 41.2 Å². The third kappa shape index (κ3) is 3.13. The number of benzene rings is 1. The van der Waals surface area contributed by atoms with Crippen molar-refractivity contribution >= 4 is 11.7 Å². The van der Waals surface area contributed by atoms with Crippen LogP contribution < -0.4 is 10.1 Å². The predicted molar refractivity (Wildman–Crippen MR) is 71.5 cm³/mol. The summed E-state index contributed by atoms with van der Waals surface area (Å²) in [6.07, 6.45) is 0. The van der Waals surface area contributed by atoms with E-state index in [1.807, 2.05) is 13.8 Å². The predicted octanol–water partition coefficient (Wildman–Crippen LogP) is 2.94. The average molecular weight is 260 g/mol. The van der Waals surface area contributed by atoms with Crippen LogP contribution in [-0.2, 0) is 0 Å². The Morgan fingerprint density at radius 3 is 2.74 bits per heavy atom. The molecule has 0 saturated heterocycles. The molecule has 1 N–H and O–H groups in total. The van der Waals surface area contributed by atoms with Gasteiger partial charge in [-0.2, -0.15) is 0 Å². The van der Waals surface area contributed by atoms with Crippen LogP contribution in [0, 0.1) is 13.8 Å². The van der Waals surface area contributed by atoms with Gasteiger partial charge in [0.05, 0.1) is 6.61 Å². The molecule has 0 unspecified atom stereocenters. The van der Waals surface area contributed by atoms with Crippen molar-refractivity contribution < 1.29 is 14.1 Å². The van der Waals surface area contributed by atoms with Gasteiger partial charge in [0.2, 0.25) is 0 Å². The molecule has 1 aromatic heterocycles. The van der Waals surface area contributed by atoms with Crippen molar-refractivity contribution in [3.8, 4) is 5.75 Å². The van der Waals surface area contributed by atoms with Gasteiger partial charge < -0.3 is 14.6 Å². The molecule has 5 heteroatoms. The highest BCUT2D eigenvalue weighted by atomic mass is 16.5. The molecular formula is C14H16N2O3. The zero-order valence-electron chi connectivity index (χ0n) is 11.2. The van der Waals surface area contributed by atoms with Crippen molar-refractivity contribution in [2.24, 2.45) is 0 Å². The summed E-state index contributed by atoms with van der Waals surface area (Å²) < 4.78 is 10.3. The Bertz CT molecular complexity index is 590. The lowest BCUT2D eigenvalue weighted by Gasteiger charge is -2.08. The summed E-state index contributed by atoms with van der Waals surface area (Å²) in [6, 6.07) is 6.97. The molecule has 0 atom stereocenters. The smallest absolute Gasteiger partial charge is 0.256 e. The summed E-state index contributed by atoms with van der Waals surface area (Å²) in [6.45, 7) is 6.20. The maximum absolute atomic E-state index is 12.0. The van der Waals surface area contributed by atoms with Crippen LogP contribution >= 0.6 is 0 Å². The molecule has 0 saturated carbocycles. The van der Waals surface area contributed by atoms with Gasteiger partial charge in [-0.1, -0.05) is 5.16 Å². The maximum atomic E-state index is 12.0. The van der Waals surface area contributed by atoms with Crippen LogP contribution in [0.4, 0.5) is 5.82 Å². The first kappa shape index (κ1) is 13.1. The van der Waals surface area contributed by atoms with Crippen LogP contribution in [-0.4, -0.2) is 17.7 Å². The monoisotopic (exact) mass is 260 g/mol. The quantitative estimate of drug-likeness (QED) is 0.918. The molecule has 0 aliphatic carbocycles. The van der Waals surface area contributed by atoms with Crippen LogP contribution in [0.15, 0.2) is 28.8 Å². The van der Waals surface area contributed by atoms with Crippen molar-refractivity contribution in [2.45, 2.75) is 20.8 Å². The summed E-state index contributed by atoms with van der Waals surface area (Å²) in [4.78, 5) is 12.0. The summed E-state index contributed by atoms with van der Waals surface area (Å²) in [5.41, 5.74) is 1.48. The summed E-state index contributed by atoms with van der Waals surface area (Å²) in [5, 5.41) is 6.39. The molecular weight excluding hydrogens is 244 g/mol. The zero-order chi connectivity index (χ0) is 13.8. The standard InChI is InChI=1S/C14H16N2O3/c1-4-18-12-6-5-11(7-9(12)2)14(17)15-13-8-10(3)19-16-13/h5-8H,4H2,1-3H3,(H,15,16,17). The number of rotatable bonds is 4. The van der Waals surface area contributed by atoms with E-state index in [4.69, 9.17) is 9.26 Å². The van der Waals surface area contributed by atoms with Crippen LogP contribution in [0.2, 0.25) is 0 Å². The van der Waals surface area contributed by atoms with Crippen LogP contribution in [0.5, 0.6) is 5.75 Å². The first-order chi connectivity index (χ1) is 9.10. The average Bonchev–Trinajstić information content (AvgIpc) is 2.77. The van der Waals surface area contributed by atoms with E-state index in [1.165, 1.54) is 0 Å². The number of aryl methyl sites for hydroxylation is 2. The highest BCUT2D eigenvalue weighted by Crippen LogP contribution is 2.20. The number of aromatic nitrogens is 1. The van der Waals surface area contributed by atoms with Crippen LogP contribution in [0.3, 0.4) is 0 Å². The van der Waals surface area contributed by atoms with E-state index in [0.717, 1.165) is 11.3 Å². The lowest BCUT2D eigenvalue weighted by atomic mass is 10.1. The number of ether oxygens (including phenoxy) is 1. The SMILES string of the molecule is CCOc1ccc(C(=O)Nc2cc(C)on2)cc1C. The summed E-state index contributed by atoms with van der Waals surface area (Å²) in [7, 11) is 0. The van der Waals surface area contributed by atoms with Crippen molar-refractivity contribution in [1.29, 1.82) is 0 Å². The molecule has 0 fully saturated rings. The highest BCUT2D eigenvalue weighted by Gasteiger charge is 2.10. The van der Waals surface area contributed by atoms with E-state index in [2.05, 4.69) is 10.5 Å². The molecule has 1 heterocycles. The number of carbonyl (C=O) groups is 1. The van der Waals surface area contributed by atoms with Gasteiger partial charge in [0, 0.05) is 11.6 Å². The number of hydrogen-bond acceptors (Lipinski definition) is 4. The lowest BCUT2D eigenvalue weighted by molar-refractivity contribution is 0.102. The third-order valence-corrected chi connectivity index (χ3v) is 2.61. The second kappa shape index (κ2) is 5.56. The normalized spacial score (nSPS) is 10.3. The fourth-order valence-electron chi connectivity index (χ4n) is 1.72.